The van der Waals surface area contributed by atoms with Gasteiger partial charge in [-0.3, -0.25) is 4.79 Å². The van der Waals surface area contributed by atoms with E-state index >= 15 is 0 Å². The van der Waals surface area contributed by atoms with Gasteiger partial charge in [0.25, 0.3) is 5.91 Å². The number of halogens is 1. The van der Waals surface area contributed by atoms with E-state index in [-0.39, 0.29) is 11.9 Å². The molecule has 0 fully saturated rings. The smallest absolute Gasteiger partial charge is 0.253 e. The monoisotopic (exact) mass is 225 g/mol. The Hall–Kier alpha value is -1.49. The zero-order valence-electron chi connectivity index (χ0n) is 9.70. The third-order valence-corrected chi connectivity index (χ3v) is 2.01. The third kappa shape index (κ3) is 3.94. The van der Waals surface area contributed by atoms with Gasteiger partial charge in [-0.25, -0.2) is 4.98 Å². The average molecular weight is 225 g/mol. The number of amides is 1. The molecule has 1 aromatic heterocycles. The molecule has 88 valence electrons. The molecule has 0 aliphatic heterocycles. The SMILES string of the molecule is CC(CN(C)C)NC(=O)c1ccc(F)nc1. The van der Waals surface area contributed by atoms with Crippen LogP contribution in [0.1, 0.15) is 17.3 Å². The molecule has 0 spiro atoms. The summed E-state index contributed by atoms with van der Waals surface area (Å²) in [6.45, 7) is 2.66. The Balaban J connectivity index is 2.55. The van der Waals surface area contributed by atoms with E-state index < -0.39 is 5.95 Å². The van der Waals surface area contributed by atoms with Crippen LogP contribution >= 0.6 is 0 Å². The number of hydrogen-bond acceptors (Lipinski definition) is 3. The van der Waals surface area contributed by atoms with Crippen LogP contribution in [0.2, 0.25) is 0 Å². The number of pyridine rings is 1. The summed E-state index contributed by atoms with van der Waals surface area (Å²) >= 11 is 0. The number of likely N-dealkylation sites (N-methyl/N-ethyl adjacent to an activating group) is 1. The van der Waals surface area contributed by atoms with Crippen molar-refractivity contribution >= 4 is 5.91 Å². The summed E-state index contributed by atoms with van der Waals surface area (Å²) in [4.78, 5) is 17.1. The molecule has 1 heterocycles. The quantitative estimate of drug-likeness (QED) is 0.774. The van der Waals surface area contributed by atoms with Crippen LogP contribution in [0.5, 0.6) is 0 Å². The first-order chi connectivity index (χ1) is 7.49. The van der Waals surface area contributed by atoms with Crippen molar-refractivity contribution in [1.82, 2.24) is 15.2 Å². The Morgan fingerprint density at radius 3 is 2.75 bits per heavy atom. The van der Waals surface area contributed by atoms with Crippen molar-refractivity contribution in [3.05, 3.63) is 29.8 Å². The number of nitrogens with one attached hydrogen (secondary N) is 1. The number of carbonyl (C=O) groups excluding carboxylic acids is 1. The molecule has 1 aromatic rings. The molecule has 0 aliphatic rings. The summed E-state index contributed by atoms with van der Waals surface area (Å²) in [7, 11) is 3.87. The third-order valence-electron chi connectivity index (χ3n) is 2.01. The highest BCUT2D eigenvalue weighted by Gasteiger charge is 2.10. The minimum absolute atomic E-state index is 0.0348. The van der Waals surface area contributed by atoms with E-state index in [1.54, 1.807) is 0 Å². The second kappa shape index (κ2) is 5.55. The lowest BCUT2D eigenvalue weighted by Crippen LogP contribution is -2.39. The summed E-state index contributed by atoms with van der Waals surface area (Å²) in [6.07, 6.45) is 1.23. The van der Waals surface area contributed by atoms with E-state index in [1.807, 2.05) is 25.9 Å². The number of rotatable bonds is 4. The molecule has 16 heavy (non-hydrogen) atoms. The van der Waals surface area contributed by atoms with Gasteiger partial charge in [0, 0.05) is 18.8 Å². The van der Waals surface area contributed by atoms with Crippen LogP contribution in [-0.2, 0) is 0 Å². The van der Waals surface area contributed by atoms with Gasteiger partial charge in [0.05, 0.1) is 5.56 Å². The highest BCUT2D eigenvalue weighted by atomic mass is 19.1. The molecular formula is C11H16FN3O. The Labute approximate surface area is 94.5 Å². The van der Waals surface area contributed by atoms with Gasteiger partial charge in [-0.2, -0.15) is 4.39 Å². The molecular weight excluding hydrogens is 209 g/mol. The van der Waals surface area contributed by atoms with Crippen molar-refractivity contribution in [2.75, 3.05) is 20.6 Å². The minimum atomic E-state index is -0.585. The summed E-state index contributed by atoms with van der Waals surface area (Å²) in [5.41, 5.74) is 0.368. The fraction of sp³-hybridized carbons (Fsp3) is 0.455. The molecule has 0 saturated carbocycles. The highest BCUT2D eigenvalue weighted by molar-refractivity contribution is 5.93. The van der Waals surface area contributed by atoms with Gasteiger partial charge in [-0.15, -0.1) is 0 Å². The van der Waals surface area contributed by atoms with E-state index in [4.69, 9.17) is 0 Å². The van der Waals surface area contributed by atoms with E-state index in [9.17, 15) is 9.18 Å². The van der Waals surface area contributed by atoms with Gasteiger partial charge in [0.1, 0.15) is 0 Å². The van der Waals surface area contributed by atoms with Crippen LogP contribution in [0.3, 0.4) is 0 Å². The number of hydrogen-bond donors (Lipinski definition) is 1. The zero-order chi connectivity index (χ0) is 12.1. The molecule has 0 radical (unpaired) electrons. The van der Waals surface area contributed by atoms with Crippen LogP contribution in [0, 0.1) is 5.95 Å². The normalized spacial score (nSPS) is 12.6. The average Bonchev–Trinajstić information content (AvgIpc) is 2.16. The lowest BCUT2D eigenvalue weighted by Gasteiger charge is -2.18. The van der Waals surface area contributed by atoms with Crippen molar-refractivity contribution in [3.8, 4) is 0 Å². The van der Waals surface area contributed by atoms with Gasteiger partial charge < -0.3 is 10.2 Å². The van der Waals surface area contributed by atoms with Crippen LogP contribution in [0.15, 0.2) is 18.3 Å². The minimum Gasteiger partial charge on any atom is -0.348 e. The topological polar surface area (TPSA) is 45.2 Å². The number of nitrogens with zero attached hydrogens (tertiary/aromatic N) is 2. The van der Waals surface area contributed by atoms with Gasteiger partial charge in [-0.1, -0.05) is 0 Å². The largest absolute Gasteiger partial charge is 0.348 e. The standard InChI is InChI=1S/C11H16FN3O/c1-8(7-15(2)3)14-11(16)9-4-5-10(12)13-6-9/h4-6,8H,7H2,1-3H3,(H,14,16). The second-order valence-electron chi connectivity index (χ2n) is 4.01. The molecule has 1 rings (SSSR count). The molecule has 5 heteroatoms. The summed E-state index contributed by atoms with van der Waals surface area (Å²) in [6, 6.07) is 2.62. The predicted molar refractivity (Wildman–Crippen MR) is 59.7 cm³/mol. The first-order valence-electron chi connectivity index (χ1n) is 5.06. The zero-order valence-corrected chi connectivity index (χ0v) is 9.70. The van der Waals surface area contributed by atoms with E-state index in [2.05, 4.69) is 10.3 Å². The van der Waals surface area contributed by atoms with Crippen molar-refractivity contribution in [1.29, 1.82) is 0 Å². The van der Waals surface area contributed by atoms with Crippen LogP contribution in [-0.4, -0.2) is 42.5 Å². The van der Waals surface area contributed by atoms with Crippen molar-refractivity contribution in [2.24, 2.45) is 0 Å². The molecule has 0 bridgehead atoms. The van der Waals surface area contributed by atoms with Crippen LogP contribution in [0.25, 0.3) is 0 Å². The summed E-state index contributed by atoms with van der Waals surface area (Å²) < 4.78 is 12.5. The van der Waals surface area contributed by atoms with E-state index in [1.165, 1.54) is 18.3 Å². The molecule has 1 unspecified atom stereocenters. The highest BCUT2D eigenvalue weighted by Crippen LogP contribution is 1.99. The molecule has 0 aromatic carbocycles. The van der Waals surface area contributed by atoms with Crippen LogP contribution < -0.4 is 5.32 Å². The number of carbonyl (C=O) groups is 1. The van der Waals surface area contributed by atoms with E-state index in [0.717, 1.165) is 6.54 Å². The fourth-order valence-electron chi connectivity index (χ4n) is 1.41. The molecule has 1 atom stereocenters. The maximum absolute atomic E-state index is 12.5. The van der Waals surface area contributed by atoms with Crippen molar-refractivity contribution in [3.63, 3.8) is 0 Å². The molecule has 4 nitrogen and oxygen atoms in total. The van der Waals surface area contributed by atoms with Gasteiger partial charge in [-0.05, 0) is 33.2 Å². The van der Waals surface area contributed by atoms with Gasteiger partial charge >= 0.3 is 0 Å². The van der Waals surface area contributed by atoms with Crippen molar-refractivity contribution < 1.29 is 9.18 Å². The molecule has 1 N–H and O–H groups in total. The predicted octanol–water partition coefficient (Wildman–Crippen LogP) is 0.901. The Morgan fingerprint density at radius 2 is 2.25 bits per heavy atom. The van der Waals surface area contributed by atoms with Crippen molar-refractivity contribution in [2.45, 2.75) is 13.0 Å². The first-order valence-corrected chi connectivity index (χ1v) is 5.06. The Morgan fingerprint density at radius 1 is 1.56 bits per heavy atom. The fourth-order valence-corrected chi connectivity index (χ4v) is 1.41. The second-order valence-corrected chi connectivity index (χ2v) is 4.01. The first kappa shape index (κ1) is 12.6. The Bertz CT molecular complexity index is 351. The molecule has 1 amide bonds. The number of aromatic nitrogens is 1. The summed E-state index contributed by atoms with van der Waals surface area (Å²) in [5, 5.41) is 2.80. The Kier molecular flexibility index (Phi) is 4.37. The maximum Gasteiger partial charge on any atom is 0.253 e. The lowest BCUT2D eigenvalue weighted by molar-refractivity contribution is 0.0934. The summed E-state index contributed by atoms with van der Waals surface area (Å²) in [5.74, 6) is -0.820. The van der Waals surface area contributed by atoms with Gasteiger partial charge in [0.15, 0.2) is 0 Å². The molecule has 0 aliphatic carbocycles. The van der Waals surface area contributed by atoms with E-state index in [0.29, 0.717) is 5.56 Å². The molecule has 0 saturated heterocycles. The lowest BCUT2D eigenvalue weighted by atomic mass is 10.2. The van der Waals surface area contributed by atoms with Gasteiger partial charge in [0.2, 0.25) is 5.95 Å². The maximum atomic E-state index is 12.5. The van der Waals surface area contributed by atoms with Crippen LogP contribution in [0.4, 0.5) is 4.39 Å².